The number of hydrazone groups is 1. The van der Waals surface area contributed by atoms with Crippen LogP contribution in [0.1, 0.15) is 52.0 Å². The van der Waals surface area contributed by atoms with Gasteiger partial charge in [-0.3, -0.25) is 15.1 Å². The summed E-state index contributed by atoms with van der Waals surface area (Å²) in [4.78, 5) is 18.6. The zero-order valence-corrected chi connectivity index (χ0v) is 22.1. The summed E-state index contributed by atoms with van der Waals surface area (Å²) in [6.45, 7) is 6.64. The highest BCUT2D eigenvalue weighted by Crippen LogP contribution is 2.38. The van der Waals surface area contributed by atoms with Crippen molar-refractivity contribution in [1.82, 2.24) is 10.3 Å². The third-order valence-corrected chi connectivity index (χ3v) is 8.09. The van der Waals surface area contributed by atoms with Crippen molar-refractivity contribution >= 4 is 28.5 Å². The van der Waals surface area contributed by atoms with Crippen LogP contribution in [0.4, 0.5) is 0 Å². The van der Waals surface area contributed by atoms with Gasteiger partial charge in [-0.25, -0.2) is 5.01 Å². The molecule has 1 N–H and O–H groups in total. The van der Waals surface area contributed by atoms with Crippen molar-refractivity contribution in [2.75, 3.05) is 0 Å². The number of nitrogens with zero attached hydrogens (tertiary/aromatic N) is 3. The number of amides is 1. The summed E-state index contributed by atoms with van der Waals surface area (Å²) in [7, 11) is 0. The van der Waals surface area contributed by atoms with E-state index >= 15 is 0 Å². The van der Waals surface area contributed by atoms with Crippen LogP contribution in [-0.4, -0.2) is 22.2 Å². The van der Waals surface area contributed by atoms with Gasteiger partial charge >= 0.3 is 0 Å². The molecular formula is C30H34N4OS. The average molecular weight is 499 g/mol. The first-order chi connectivity index (χ1) is 17.5. The standard InChI is InChI=1S/C30H34N4OS/c1-20(2)10-9-13-22-16-17-24(21(3)18-22)28-31-26-15-8-7-14-25(26)27-29(35)32-30(33-34(27)28)36-19-23-11-5-4-6-12-23/h4-8,10-12,14-16,21,24,28H,9,13,17-19H2,1-3H3,(H,32,33,35)/t21-,24+,28-/m1/s1. The van der Waals surface area contributed by atoms with E-state index in [0.717, 1.165) is 42.0 Å². The van der Waals surface area contributed by atoms with Gasteiger partial charge in [-0.05, 0) is 57.1 Å². The second-order valence-corrected chi connectivity index (χ2v) is 11.1. The number of fused-ring (bicyclic) bond motifs is 2. The monoisotopic (exact) mass is 498 g/mol. The van der Waals surface area contributed by atoms with E-state index in [4.69, 9.17) is 10.1 Å². The molecule has 0 radical (unpaired) electrons. The van der Waals surface area contributed by atoms with Crippen LogP contribution in [0, 0.1) is 11.8 Å². The van der Waals surface area contributed by atoms with Gasteiger partial charge in [0.25, 0.3) is 5.91 Å². The highest BCUT2D eigenvalue weighted by Gasteiger charge is 2.40. The summed E-state index contributed by atoms with van der Waals surface area (Å²) in [5, 5.41) is 12.3. The second-order valence-electron chi connectivity index (χ2n) is 10.2. The summed E-state index contributed by atoms with van der Waals surface area (Å²) < 4.78 is 0. The Morgan fingerprint density at radius 1 is 1.14 bits per heavy atom. The Morgan fingerprint density at radius 3 is 2.69 bits per heavy atom. The summed E-state index contributed by atoms with van der Waals surface area (Å²) >= 11 is 1.56. The number of rotatable bonds is 6. The largest absolute Gasteiger partial charge is 0.298 e. The molecule has 0 saturated heterocycles. The average Bonchev–Trinajstić information content (AvgIpc) is 2.87. The highest BCUT2D eigenvalue weighted by molar-refractivity contribution is 8.13. The molecule has 5 nitrogen and oxygen atoms in total. The van der Waals surface area contributed by atoms with Gasteiger partial charge in [0.15, 0.2) is 5.17 Å². The van der Waals surface area contributed by atoms with Crippen molar-refractivity contribution in [1.29, 1.82) is 0 Å². The van der Waals surface area contributed by atoms with Crippen LogP contribution in [-0.2, 0) is 10.5 Å². The number of hydrogen-bond donors (Lipinski definition) is 1. The summed E-state index contributed by atoms with van der Waals surface area (Å²) in [6, 6.07) is 18.2. The van der Waals surface area contributed by atoms with E-state index in [2.05, 4.69) is 50.4 Å². The lowest BCUT2D eigenvalue weighted by Crippen LogP contribution is -2.55. The molecule has 2 heterocycles. The maximum absolute atomic E-state index is 13.4. The van der Waals surface area contributed by atoms with Crippen LogP contribution in [0.15, 0.2) is 88.0 Å². The summed E-state index contributed by atoms with van der Waals surface area (Å²) in [6.07, 6.45) is 8.79. The number of thioether (sulfide) groups is 1. The molecule has 3 atom stereocenters. The lowest BCUT2D eigenvalue weighted by atomic mass is 9.77. The van der Waals surface area contributed by atoms with E-state index in [1.54, 1.807) is 11.8 Å². The van der Waals surface area contributed by atoms with E-state index in [-0.39, 0.29) is 18.0 Å². The lowest BCUT2D eigenvalue weighted by molar-refractivity contribution is -0.116. The number of para-hydroxylation sites is 1. The van der Waals surface area contributed by atoms with E-state index in [9.17, 15) is 4.79 Å². The number of amidine groups is 1. The second kappa shape index (κ2) is 10.9. The van der Waals surface area contributed by atoms with Crippen LogP contribution in [0.2, 0.25) is 0 Å². The molecule has 2 aromatic rings. The van der Waals surface area contributed by atoms with Gasteiger partial charge in [0, 0.05) is 16.9 Å². The number of hydrogen-bond acceptors (Lipinski definition) is 5. The van der Waals surface area contributed by atoms with E-state index in [1.165, 1.54) is 16.7 Å². The van der Waals surface area contributed by atoms with Crippen molar-refractivity contribution in [2.45, 2.75) is 58.4 Å². The molecule has 0 aromatic heterocycles. The minimum absolute atomic E-state index is 0.102. The van der Waals surface area contributed by atoms with Gasteiger partial charge in [-0.15, -0.1) is 5.10 Å². The fourth-order valence-electron chi connectivity index (χ4n) is 5.27. The van der Waals surface area contributed by atoms with Crippen LogP contribution in [0.25, 0.3) is 5.70 Å². The van der Waals surface area contributed by atoms with Gasteiger partial charge in [0.05, 0.1) is 5.36 Å². The Kier molecular flexibility index (Phi) is 7.42. The predicted molar refractivity (Wildman–Crippen MR) is 148 cm³/mol. The maximum atomic E-state index is 13.4. The Hall–Kier alpha value is -3.12. The first kappa shape index (κ1) is 24.6. The first-order valence-corrected chi connectivity index (χ1v) is 13.8. The van der Waals surface area contributed by atoms with Crippen LogP contribution < -0.4 is 15.9 Å². The molecule has 0 saturated carbocycles. The Bertz CT molecular complexity index is 1340. The lowest BCUT2D eigenvalue weighted by Gasteiger charge is -2.41. The molecule has 6 heteroatoms. The molecule has 5 rings (SSSR count). The Morgan fingerprint density at radius 2 is 1.92 bits per heavy atom. The molecule has 0 fully saturated rings. The molecule has 186 valence electrons. The van der Waals surface area contributed by atoms with Crippen LogP contribution in [0.3, 0.4) is 0 Å². The quantitative estimate of drug-likeness (QED) is 0.563. The zero-order valence-electron chi connectivity index (χ0n) is 21.3. The zero-order chi connectivity index (χ0) is 25.1. The van der Waals surface area contributed by atoms with Gasteiger partial charge < -0.3 is 0 Å². The van der Waals surface area contributed by atoms with Crippen molar-refractivity contribution in [3.8, 4) is 0 Å². The molecule has 1 amide bonds. The molecule has 2 aliphatic heterocycles. The predicted octanol–water partition coefficient (Wildman–Crippen LogP) is 5.11. The first-order valence-electron chi connectivity index (χ1n) is 12.8. The summed E-state index contributed by atoms with van der Waals surface area (Å²) in [5.74, 6) is 1.39. The minimum atomic E-state index is -0.196. The molecule has 0 unspecified atom stereocenters. The number of nitrogens with one attached hydrogen (secondary N) is 1. The van der Waals surface area contributed by atoms with Gasteiger partial charge in [0.1, 0.15) is 11.9 Å². The number of carbonyl (C=O) groups excluding carboxylic acids is 1. The van der Waals surface area contributed by atoms with E-state index < -0.39 is 0 Å². The third kappa shape index (κ3) is 5.34. The van der Waals surface area contributed by atoms with Crippen LogP contribution in [0.5, 0.6) is 0 Å². The highest BCUT2D eigenvalue weighted by atomic mass is 32.2. The minimum Gasteiger partial charge on any atom is -0.298 e. The normalized spacial score (nSPS) is 23.0. The summed E-state index contributed by atoms with van der Waals surface area (Å²) in [5.41, 5.74) is 4.73. The molecule has 36 heavy (non-hydrogen) atoms. The van der Waals surface area contributed by atoms with Crippen LogP contribution >= 0.6 is 11.8 Å². The van der Waals surface area contributed by atoms with E-state index in [0.29, 0.717) is 16.8 Å². The molecule has 1 aliphatic carbocycles. The Balaban J connectivity index is 1.44. The smallest absolute Gasteiger partial charge is 0.276 e. The van der Waals surface area contributed by atoms with Crippen molar-refractivity contribution in [2.24, 2.45) is 21.9 Å². The fraction of sp³-hybridized carbons (Fsp3) is 0.367. The number of allylic oxidation sites excluding steroid dienone is 4. The topological polar surface area (TPSA) is 57.1 Å². The molecule has 2 aromatic carbocycles. The number of benzene rings is 2. The fourth-order valence-corrected chi connectivity index (χ4v) is 6.08. The van der Waals surface area contributed by atoms with Gasteiger partial charge in [0.2, 0.25) is 0 Å². The maximum Gasteiger partial charge on any atom is 0.276 e. The number of carbonyl (C=O) groups is 1. The molecule has 0 spiro atoms. The molecule has 0 bridgehead atoms. The molecular weight excluding hydrogens is 464 g/mol. The van der Waals surface area contributed by atoms with E-state index in [1.807, 2.05) is 47.5 Å². The molecule has 3 aliphatic rings. The van der Waals surface area contributed by atoms with Crippen molar-refractivity contribution in [3.63, 3.8) is 0 Å². The SMILES string of the molecule is CC(C)=CCCC1=CC[C@H]([C@@H]2N=c3ccccc3=C3C(=O)NC(SCc4ccccc4)=NN32)[C@H](C)C1. The van der Waals surface area contributed by atoms with Crippen molar-refractivity contribution in [3.05, 3.63) is 94.0 Å². The van der Waals surface area contributed by atoms with Crippen molar-refractivity contribution < 1.29 is 4.79 Å². The third-order valence-electron chi connectivity index (χ3n) is 7.16. The van der Waals surface area contributed by atoms with Gasteiger partial charge in [-0.1, -0.05) is 90.5 Å². The Labute approximate surface area is 217 Å². The van der Waals surface area contributed by atoms with Gasteiger partial charge in [-0.2, -0.15) is 0 Å².